The van der Waals surface area contributed by atoms with Crippen LogP contribution < -0.4 is 5.73 Å². The van der Waals surface area contributed by atoms with E-state index in [9.17, 15) is 0 Å². The van der Waals surface area contributed by atoms with Crippen LogP contribution in [0.1, 0.15) is 12.8 Å². The minimum Gasteiger partial charge on any atom is -0.394 e. The highest BCUT2D eigenvalue weighted by Crippen LogP contribution is 2.20. The maximum absolute atomic E-state index is 8.79. The van der Waals surface area contributed by atoms with Gasteiger partial charge in [0.25, 0.3) is 0 Å². The third kappa shape index (κ3) is 2.02. The van der Waals surface area contributed by atoms with E-state index in [0.29, 0.717) is 0 Å². The highest BCUT2D eigenvalue weighted by atomic mass is 16.5. The zero-order chi connectivity index (χ0) is 8.27. The van der Waals surface area contributed by atoms with Gasteiger partial charge in [0.1, 0.15) is 0 Å². The molecule has 64 valence electrons. The first-order valence-electron chi connectivity index (χ1n) is 3.90. The standard InChI is InChI=1S/C8H15NO2/c1-2-3-6-4-7(9)8(5-10)11-6/h2,6-8,10H,1,3-5,9H2. The average molecular weight is 157 g/mol. The van der Waals surface area contributed by atoms with E-state index in [1.807, 2.05) is 6.08 Å². The summed E-state index contributed by atoms with van der Waals surface area (Å²) >= 11 is 0. The number of aliphatic hydroxyl groups excluding tert-OH is 1. The molecule has 3 unspecified atom stereocenters. The van der Waals surface area contributed by atoms with Gasteiger partial charge in [-0.05, 0) is 12.8 Å². The highest BCUT2D eigenvalue weighted by Gasteiger charge is 2.30. The maximum atomic E-state index is 8.79. The fraction of sp³-hybridized carbons (Fsp3) is 0.750. The number of hydrogen-bond acceptors (Lipinski definition) is 3. The molecule has 0 radical (unpaired) electrons. The lowest BCUT2D eigenvalue weighted by Gasteiger charge is -2.10. The molecule has 0 saturated carbocycles. The van der Waals surface area contributed by atoms with Crippen LogP contribution in [0.5, 0.6) is 0 Å². The predicted octanol–water partition coefficient (Wildman–Crippen LogP) is 0.0396. The van der Waals surface area contributed by atoms with Crippen molar-refractivity contribution in [3.63, 3.8) is 0 Å². The van der Waals surface area contributed by atoms with Gasteiger partial charge in [0.05, 0.1) is 18.8 Å². The van der Waals surface area contributed by atoms with Crippen LogP contribution in [0.2, 0.25) is 0 Å². The molecule has 0 aromatic rings. The van der Waals surface area contributed by atoms with Crippen LogP contribution in [0.15, 0.2) is 12.7 Å². The van der Waals surface area contributed by atoms with Gasteiger partial charge in [0.2, 0.25) is 0 Å². The lowest BCUT2D eigenvalue weighted by molar-refractivity contribution is 0.00948. The topological polar surface area (TPSA) is 55.5 Å². The summed E-state index contributed by atoms with van der Waals surface area (Å²) in [7, 11) is 0. The van der Waals surface area contributed by atoms with E-state index in [4.69, 9.17) is 15.6 Å². The van der Waals surface area contributed by atoms with E-state index in [2.05, 4.69) is 6.58 Å². The molecular weight excluding hydrogens is 142 g/mol. The first-order valence-corrected chi connectivity index (χ1v) is 3.90. The molecule has 0 aliphatic carbocycles. The molecule has 3 nitrogen and oxygen atoms in total. The lowest BCUT2D eigenvalue weighted by atomic mass is 10.1. The van der Waals surface area contributed by atoms with Crippen molar-refractivity contribution in [2.24, 2.45) is 5.73 Å². The molecule has 0 amide bonds. The Labute approximate surface area is 66.8 Å². The summed E-state index contributed by atoms with van der Waals surface area (Å²) in [5.41, 5.74) is 5.69. The number of ether oxygens (including phenoxy) is 1. The Morgan fingerprint density at radius 3 is 2.91 bits per heavy atom. The highest BCUT2D eigenvalue weighted by molar-refractivity contribution is 4.87. The Morgan fingerprint density at radius 2 is 2.45 bits per heavy atom. The van der Waals surface area contributed by atoms with Crippen LogP contribution in [0, 0.1) is 0 Å². The molecule has 3 heteroatoms. The summed E-state index contributed by atoms with van der Waals surface area (Å²) in [5.74, 6) is 0. The number of nitrogens with two attached hydrogens (primary N) is 1. The smallest absolute Gasteiger partial charge is 0.0960 e. The molecule has 1 aliphatic rings. The lowest BCUT2D eigenvalue weighted by Crippen LogP contribution is -2.32. The number of rotatable bonds is 3. The second-order valence-electron chi connectivity index (χ2n) is 2.90. The van der Waals surface area contributed by atoms with Crippen LogP contribution >= 0.6 is 0 Å². The fourth-order valence-electron chi connectivity index (χ4n) is 1.38. The summed E-state index contributed by atoms with van der Waals surface area (Å²) in [6.45, 7) is 3.64. The quantitative estimate of drug-likeness (QED) is 0.569. The predicted molar refractivity (Wildman–Crippen MR) is 43.2 cm³/mol. The van der Waals surface area contributed by atoms with Crippen molar-refractivity contribution in [2.75, 3.05) is 6.61 Å². The van der Waals surface area contributed by atoms with E-state index in [1.54, 1.807) is 0 Å². The summed E-state index contributed by atoms with van der Waals surface area (Å²) in [6, 6.07) is -0.00931. The maximum Gasteiger partial charge on any atom is 0.0960 e. The fourth-order valence-corrected chi connectivity index (χ4v) is 1.38. The Balaban J connectivity index is 2.36. The number of hydrogen-bond donors (Lipinski definition) is 2. The molecule has 1 heterocycles. The van der Waals surface area contributed by atoms with E-state index in [-0.39, 0.29) is 24.9 Å². The molecule has 0 aromatic heterocycles. The molecule has 3 N–H and O–H groups in total. The molecule has 1 fully saturated rings. The Morgan fingerprint density at radius 1 is 1.73 bits per heavy atom. The van der Waals surface area contributed by atoms with E-state index < -0.39 is 0 Å². The van der Waals surface area contributed by atoms with Crippen molar-refractivity contribution in [2.45, 2.75) is 31.1 Å². The third-order valence-electron chi connectivity index (χ3n) is 1.99. The van der Waals surface area contributed by atoms with Crippen LogP contribution in [0.4, 0.5) is 0 Å². The van der Waals surface area contributed by atoms with Gasteiger partial charge in [-0.1, -0.05) is 6.08 Å². The monoisotopic (exact) mass is 157 g/mol. The molecule has 0 aromatic carbocycles. The van der Waals surface area contributed by atoms with Crippen LogP contribution in [0.25, 0.3) is 0 Å². The molecular formula is C8H15NO2. The SMILES string of the molecule is C=CCC1CC(N)C(CO)O1. The van der Waals surface area contributed by atoms with Crippen molar-refractivity contribution in [3.8, 4) is 0 Å². The summed E-state index contributed by atoms with van der Waals surface area (Å²) < 4.78 is 5.42. The zero-order valence-corrected chi connectivity index (χ0v) is 6.57. The Hall–Kier alpha value is -0.380. The van der Waals surface area contributed by atoms with Gasteiger partial charge in [-0.2, -0.15) is 0 Å². The summed E-state index contributed by atoms with van der Waals surface area (Å²) in [5, 5.41) is 8.79. The molecule has 1 aliphatic heterocycles. The molecule has 1 saturated heterocycles. The third-order valence-corrected chi connectivity index (χ3v) is 1.99. The molecule has 11 heavy (non-hydrogen) atoms. The van der Waals surface area contributed by atoms with E-state index in [0.717, 1.165) is 12.8 Å². The zero-order valence-electron chi connectivity index (χ0n) is 6.57. The van der Waals surface area contributed by atoms with E-state index in [1.165, 1.54) is 0 Å². The van der Waals surface area contributed by atoms with Crippen molar-refractivity contribution >= 4 is 0 Å². The van der Waals surface area contributed by atoms with Crippen molar-refractivity contribution in [1.29, 1.82) is 0 Å². The van der Waals surface area contributed by atoms with Gasteiger partial charge in [-0.25, -0.2) is 0 Å². The van der Waals surface area contributed by atoms with Crippen LogP contribution in [-0.4, -0.2) is 30.0 Å². The normalized spacial score (nSPS) is 37.5. The molecule has 0 bridgehead atoms. The second kappa shape index (κ2) is 3.85. The van der Waals surface area contributed by atoms with Crippen LogP contribution in [0.3, 0.4) is 0 Å². The van der Waals surface area contributed by atoms with Gasteiger partial charge in [-0.15, -0.1) is 6.58 Å². The van der Waals surface area contributed by atoms with Gasteiger partial charge < -0.3 is 15.6 Å². The molecule has 1 rings (SSSR count). The summed E-state index contributed by atoms with van der Waals surface area (Å²) in [4.78, 5) is 0. The van der Waals surface area contributed by atoms with Gasteiger partial charge in [0, 0.05) is 6.04 Å². The summed E-state index contributed by atoms with van der Waals surface area (Å²) in [6.07, 6.45) is 3.47. The number of aliphatic hydroxyl groups is 1. The van der Waals surface area contributed by atoms with Crippen molar-refractivity contribution in [1.82, 2.24) is 0 Å². The average Bonchev–Trinajstić information content (AvgIpc) is 2.32. The minimum absolute atomic E-state index is 0.00931. The van der Waals surface area contributed by atoms with Crippen molar-refractivity contribution in [3.05, 3.63) is 12.7 Å². The second-order valence-corrected chi connectivity index (χ2v) is 2.90. The first-order chi connectivity index (χ1) is 5.27. The first kappa shape index (κ1) is 8.71. The molecule has 3 atom stereocenters. The Bertz CT molecular complexity index is 138. The molecule has 0 spiro atoms. The minimum atomic E-state index is -0.167. The van der Waals surface area contributed by atoms with Gasteiger partial charge in [0.15, 0.2) is 0 Å². The van der Waals surface area contributed by atoms with E-state index >= 15 is 0 Å². The van der Waals surface area contributed by atoms with Crippen molar-refractivity contribution < 1.29 is 9.84 Å². The van der Waals surface area contributed by atoms with Gasteiger partial charge in [-0.3, -0.25) is 0 Å². The Kier molecular flexibility index (Phi) is 3.05. The largest absolute Gasteiger partial charge is 0.394 e. The van der Waals surface area contributed by atoms with Gasteiger partial charge >= 0.3 is 0 Å². The van der Waals surface area contributed by atoms with Crippen LogP contribution in [-0.2, 0) is 4.74 Å².